The van der Waals surface area contributed by atoms with E-state index in [-0.39, 0.29) is 12.6 Å². The van der Waals surface area contributed by atoms with E-state index in [0.29, 0.717) is 11.3 Å². The first-order chi connectivity index (χ1) is 9.23. The molecule has 0 aliphatic heterocycles. The average Bonchev–Trinajstić information content (AvgIpc) is 2.71. The normalized spacial score (nSPS) is 14.1. The number of aliphatic carboxylic acids is 1. The number of methoxy groups -OCH3 is 1. The number of hydrogen-bond donors (Lipinski definition) is 2. The number of carbonyl (C=O) groups excluding carboxylic acids is 1. The van der Waals surface area contributed by atoms with E-state index in [1.807, 2.05) is 13.8 Å². The van der Waals surface area contributed by atoms with Crippen LogP contribution in [0.1, 0.15) is 42.9 Å². The van der Waals surface area contributed by atoms with Gasteiger partial charge in [0, 0.05) is 18.8 Å². The summed E-state index contributed by atoms with van der Waals surface area (Å²) in [6, 6.07) is 0.126. The minimum atomic E-state index is -1.47. The van der Waals surface area contributed by atoms with Crippen LogP contribution in [0.2, 0.25) is 0 Å². The molecular formula is C13H21N3O4. The third kappa shape index (κ3) is 3.16. The van der Waals surface area contributed by atoms with Crippen LogP contribution in [0.4, 0.5) is 0 Å². The van der Waals surface area contributed by atoms with Gasteiger partial charge in [-0.25, -0.2) is 4.79 Å². The maximum atomic E-state index is 12.2. The van der Waals surface area contributed by atoms with Crippen LogP contribution < -0.4 is 5.32 Å². The fraction of sp³-hybridized carbons (Fsp3) is 0.615. The van der Waals surface area contributed by atoms with E-state index in [2.05, 4.69) is 10.4 Å². The lowest BCUT2D eigenvalue weighted by Crippen LogP contribution is -2.55. The highest BCUT2D eigenvalue weighted by Crippen LogP contribution is 2.14. The Morgan fingerprint density at radius 1 is 1.55 bits per heavy atom. The molecule has 2 N–H and O–H groups in total. The van der Waals surface area contributed by atoms with Crippen molar-refractivity contribution in [3.8, 4) is 0 Å². The molecule has 0 fully saturated rings. The van der Waals surface area contributed by atoms with Crippen molar-refractivity contribution in [1.82, 2.24) is 15.1 Å². The smallest absolute Gasteiger partial charge is 0.331 e. The fourth-order valence-corrected chi connectivity index (χ4v) is 1.92. The van der Waals surface area contributed by atoms with E-state index in [9.17, 15) is 14.7 Å². The Labute approximate surface area is 117 Å². The Morgan fingerprint density at radius 2 is 2.15 bits per heavy atom. The summed E-state index contributed by atoms with van der Waals surface area (Å²) in [4.78, 5) is 23.5. The van der Waals surface area contributed by atoms with Crippen molar-refractivity contribution in [1.29, 1.82) is 0 Å². The van der Waals surface area contributed by atoms with E-state index in [0.717, 1.165) is 0 Å². The summed E-state index contributed by atoms with van der Waals surface area (Å²) >= 11 is 0. The van der Waals surface area contributed by atoms with Crippen LogP contribution >= 0.6 is 0 Å². The van der Waals surface area contributed by atoms with Gasteiger partial charge in [-0.15, -0.1) is 0 Å². The lowest BCUT2D eigenvalue weighted by Gasteiger charge is -2.25. The first-order valence-corrected chi connectivity index (χ1v) is 6.32. The number of nitrogens with one attached hydrogen (secondary N) is 1. The largest absolute Gasteiger partial charge is 0.479 e. The first kappa shape index (κ1) is 16.2. The van der Waals surface area contributed by atoms with Gasteiger partial charge in [-0.05, 0) is 27.7 Å². The molecule has 1 amide bonds. The lowest BCUT2D eigenvalue weighted by molar-refractivity contribution is -0.145. The molecule has 1 aromatic heterocycles. The molecule has 0 spiro atoms. The first-order valence-electron chi connectivity index (χ1n) is 6.32. The Bertz CT molecular complexity index is 510. The van der Waals surface area contributed by atoms with Crippen LogP contribution in [0.3, 0.4) is 0 Å². The fourth-order valence-electron chi connectivity index (χ4n) is 1.92. The number of amides is 1. The summed E-state index contributed by atoms with van der Waals surface area (Å²) in [5, 5.41) is 15.8. The van der Waals surface area contributed by atoms with E-state index >= 15 is 0 Å². The summed E-state index contributed by atoms with van der Waals surface area (Å²) in [6.45, 7) is 6.96. The SMILES string of the molecule is COCC(C)(NC(=O)c1cnn(C(C)C)c1C)C(=O)O. The van der Waals surface area contributed by atoms with Crippen LogP contribution in [0.5, 0.6) is 0 Å². The molecule has 1 atom stereocenters. The van der Waals surface area contributed by atoms with E-state index in [1.165, 1.54) is 20.2 Å². The zero-order valence-electron chi connectivity index (χ0n) is 12.4. The van der Waals surface area contributed by atoms with E-state index in [4.69, 9.17) is 4.74 Å². The molecule has 0 aromatic carbocycles. The monoisotopic (exact) mass is 283 g/mol. The van der Waals surface area contributed by atoms with Crippen LogP contribution in [0.15, 0.2) is 6.20 Å². The van der Waals surface area contributed by atoms with Gasteiger partial charge in [-0.3, -0.25) is 9.48 Å². The molecule has 1 aromatic rings. The number of rotatable bonds is 6. The summed E-state index contributed by atoms with van der Waals surface area (Å²) in [5.41, 5.74) is -0.414. The predicted molar refractivity (Wildman–Crippen MR) is 72.7 cm³/mol. The molecule has 0 saturated heterocycles. The summed E-state index contributed by atoms with van der Waals surface area (Å²) in [7, 11) is 1.38. The second kappa shape index (κ2) is 6.04. The molecule has 7 nitrogen and oxygen atoms in total. The second-order valence-electron chi connectivity index (χ2n) is 5.21. The summed E-state index contributed by atoms with van der Waals surface area (Å²) in [6.07, 6.45) is 1.44. The van der Waals surface area contributed by atoms with Gasteiger partial charge in [0.2, 0.25) is 0 Å². The molecule has 0 bridgehead atoms. The molecular weight excluding hydrogens is 262 g/mol. The van der Waals surface area contributed by atoms with Crippen molar-refractivity contribution in [3.05, 3.63) is 17.5 Å². The third-order valence-electron chi connectivity index (χ3n) is 3.07. The zero-order valence-corrected chi connectivity index (χ0v) is 12.4. The summed E-state index contributed by atoms with van der Waals surface area (Å²) < 4.78 is 6.57. The zero-order chi connectivity index (χ0) is 15.5. The Morgan fingerprint density at radius 3 is 2.55 bits per heavy atom. The van der Waals surface area contributed by atoms with Crippen LogP contribution in [-0.2, 0) is 9.53 Å². The minimum absolute atomic E-state index is 0.120. The van der Waals surface area contributed by atoms with Crippen molar-refractivity contribution in [2.45, 2.75) is 39.3 Å². The number of aromatic nitrogens is 2. The number of nitrogens with zero attached hydrogens (tertiary/aromatic N) is 2. The van der Waals surface area contributed by atoms with Crippen molar-refractivity contribution in [3.63, 3.8) is 0 Å². The second-order valence-corrected chi connectivity index (χ2v) is 5.21. The van der Waals surface area contributed by atoms with Crippen molar-refractivity contribution in [2.75, 3.05) is 13.7 Å². The summed E-state index contributed by atoms with van der Waals surface area (Å²) in [5.74, 6) is -1.63. The van der Waals surface area contributed by atoms with Crippen LogP contribution in [-0.4, -0.2) is 46.0 Å². The van der Waals surface area contributed by atoms with Gasteiger partial charge in [-0.1, -0.05) is 0 Å². The molecule has 0 radical (unpaired) electrons. The molecule has 20 heavy (non-hydrogen) atoms. The number of carbonyl (C=O) groups is 2. The Kier molecular flexibility index (Phi) is 4.88. The number of carboxylic acid groups (broad SMARTS) is 1. The molecule has 1 heterocycles. The van der Waals surface area contributed by atoms with Crippen molar-refractivity contribution < 1.29 is 19.4 Å². The van der Waals surface area contributed by atoms with Gasteiger partial charge >= 0.3 is 5.97 Å². The average molecular weight is 283 g/mol. The molecule has 1 rings (SSSR count). The molecule has 0 aliphatic rings. The van der Waals surface area contributed by atoms with Gasteiger partial charge in [0.1, 0.15) is 0 Å². The van der Waals surface area contributed by atoms with Crippen LogP contribution in [0.25, 0.3) is 0 Å². The quantitative estimate of drug-likeness (QED) is 0.812. The molecule has 0 saturated carbocycles. The molecule has 0 aliphatic carbocycles. The highest BCUT2D eigenvalue weighted by atomic mass is 16.5. The molecule has 112 valence electrons. The van der Waals surface area contributed by atoms with Gasteiger partial charge in [-0.2, -0.15) is 5.10 Å². The minimum Gasteiger partial charge on any atom is -0.479 e. The molecule has 7 heteroatoms. The lowest BCUT2D eigenvalue weighted by atomic mass is 10.0. The highest BCUT2D eigenvalue weighted by Gasteiger charge is 2.36. The van der Waals surface area contributed by atoms with Crippen LogP contribution in [0, 0.1) is 6.92 Å². The highest BCUT2D eigenvalue weighted by molar-refractivity contribution is 5.98. The van der Waals surface area contributed by atoms with Crippen molar-refractivity contribution >= 4 is 11.9 Å². The number of ether oxygens (including phenoxy) is 1. The van der Waals surface area contributed by atoms with Crippen molar-refractivity contribution in [2.24, 2.45) is 0 Å². The van der Waals surface area contributed by atoms with E-state index < -0.39 is 17.4 Å². The standard InChI is InChI=1S/C13H21N3O4/c1-8(2)16-9(3)10(6-14-16)11(17)15-13(4,7-20-5)12(18)19/h6,8H,7H2,1-5H3,(H,15,17)(H,18,19). The van der Waals surface area contributed by atoms with Gasteiger partial charge < -0.3 is 15.2 Å². The number of carboxylic acids is 1. The molecule has 1 unspecified atom stereocenters. The van der Waals surface area contributed by atoms with Gasteiger partial charge in [0.25, 0.3) is 5.91 Å². The Balaban J connectivity index is 2.99. The topological polar surface area (TPSA) is 93.5 Å². The third-order valence-corrected chi connectivity index (χ3v) is 3.07. The maximum Gasteiger partial charge on any atom is 0.331 e. The number of hydrogen-bond acceptors (Lipinski definition) is 4. The predicted octanol–water partition coefficient (Wildman–Crippen LogP) is 0.992. The Hall–Kier alpha value is -1.89. The van der Waals surface area contributed by atoms with Gasteiger partial charge in [0.15, 0.2) is 5.54 Å². The maximum absolute atomic E-state index is 12.2. The van der Waals surface area contributed by atoms with E-state index in [1.54, 1.807) is 11.6 Å². The van der Waals surface area contributed by atoms with Gasteiger partial charge in [0.05, 0.1) is 18.4 Å².